The lowest BCUT2D eigenvalue weighted by atomic mass is 9.78. The number of methoxy groups -OCH3 is 1. The molecule has 0 saturated carbocycles. The van der Waals surface area contributed by atoms with Gasteiger partial charge in [0, 0.05) is 12.5 Å². The summed E-state index contributed by atoms with van der Waals surface area (Å²) in [6, 6.07) is 22.3. The Balaban J connectivity index is 1.46. The van der Waals surface area contributed by atoms with Crippen LogP contribution in [0.4, 0.5) is 0 Å². The molecule has 1 saturated heterocycles. The van der Waals surface area contributed by atoms with Crippen molar-refractivity contribution in [3.63, 3.8) is 0 Å². The molecule has 0 spiro atoms. The molecule has 5 rings (SSSR count). The highest BCUT2D eigenvalue weighted by Crippen LogP contribution is 2.39. The van der Waals surface area contributed by atoms with Crippen LogP contribution in [0.5, 0.6) is 11.5 Å². The van der Waals surface area contributed by atoms with Gasteiger partial charge in [0.25, 0.3) is 0 Å². The molecule has 1 heterocycles. The zero-order valence-corrected chi connectivity index (χ0v) is 20.7. The lowest BCUT2D eigenvalue weighted by Gasteiger charge is -2.27. The monoisotopic (exact) mass is 455 g/mol. The first-order chi connectivity index (χ1) is 16.7. The Morgan fingerprint density at radius 3 is 2.38 bits per heavy atom. The Morgan fingerprint density at radius 1 is 0.853 bits per heavy atom. The summed E-state index contributed by atoms with van der Waals surface area (Å²) >= 11 is 0. The third-order valence-electron chi connectivity index (χ3n) is 7.59. The van der Waals surface area contributed by atoms with E-state index in [1.54, 1.807) is 12.7 Å². The normalized spacial score (nSPS) is 16.8. The molecule has 1 fully saturated rings. The van der Waals surface area contributed by atoms with Crippen LogP contribution in [0, 0.1) is 6.92 Å². The van der Waals surface area contributed by atoms with E-state index in [1.807, 2.05) is 0 Å². The molecule has 0 bridgehead atoms. The highest BCUT2D eigenvalue weighted by atomic mass is 16.5. The van der Waals surface area contributed by atoms with Crippen molar-refractivity contribution in [2.75, 3.05) is 33.4 Å². The zero-order valence-electron chi connectivity index (χ0n) is 20.7. The van der Waals surface area contributed by atoms with Gasteiger partial charge in [-0.05, 0) is 110 Å². The van der Waals surface area contributed by atoms with Gasteiger partial charge in [-0.2, -0.15) is 0 Å². The third kappa shape index (κ3) is 5.00. The standard InChI is InChI=1S/C31H37NO2/c1-23-22-26(14-17-30(23)34-21-20-32-18-5-6-19-32)31(25-12-15-27(33-2)16-13-25)29-11-7-9-24-8-3-4-10-28(24)29/h7,9,11-17,22,31H,3-6,8,10,18-21H2,1-2H3. The van der Waals surface area contributed by atoms with Gasteiger partial charge in [-0.1, -0.05) is 42.5 Å². The Hall–Kier alpha value is -2.78. The fourth-order valence-corrected chi connectivity index (χ4v) is 5.73. The van der Waals surface area contributed by atoms with E-state index in [0.717, 1.165) is 24.7 Å². The van der Waals surface area contributed by atoms with Gasteiger partial charge < -0.3 is 9.47 Å². The van der Waals surface area contributed by atoms with Gasteiger partial charge >= 0.3 is 0 Å². The van der Waals surface area contributed by atoms with E-state index in [9.17, 15) is 0 Å². The number of aryl methyl sites for hydroxylation is 2. The van der Waals surface area contributed by atoms with Crippen molar-refractivity contribution in [3.8, 4) is 11.5 Å². The van der Waals surface area contributed by atoms with E-state index in [2.05, 4.69) is 72.5 Å². The number of ether oxygens (including phenoxy) is 2. The molecule has 1 aliphatic carbocycles. The van der Waals surface area contributed by atoms with Crippen molar-refractivity contribution in [2.24, 2.45) is 0 Å². The first kappa shape index (κ1) is 23.0. The largest absolute Gasteiger partial charge is 0.497 e. The number of hydrogen-bond acceptors (Lipinski definition) is 3. The van der Waals surface area contributed by atoms with Gasteiger partial charge in [0.1, 0.15) is 18.1 Å². The van der Waals surface area contributed by atoms with Crippen molar-refractivity contribution in [1.82, 2.24) is 4.90 Å². The Morgan fingerprint density at radius 2 is 1.62 bits per heavy atom. The second-order valence-corrected chi connectivity index (χ2v) is 9.82. The van der Waals surface area contributed by atoms with E-state index in [1.165, 1.54) is 79.4 Å². The lowest BCUT2D eigenvalue weighted by molar-refractivity contribution is 0.237. The molecule has 178 valence electrons. The predicted octanol–water partition coefficient (Wildman–Crippen LogP) is 6.54. The number of nitrogens with zero attached hydrogens (tertiary/aromatic N) is 1. The van der Waals surface area contributed by atoms with Crippen LogP contribution >= 0.6 is 0 Å². The molecule has 0 amide bonds. The van der Waals surface area contributed by atoms with Crippen LogP contribution in [0.2, 0.25) is 0 Å². The van der Waals surface area contributed by atoms with E-state index in [-0.39, 0.29) is 5.92 Å². The number of hydrogen-bond donors (Lipinski definition) is 0. The number of benzene rings is 3. The van der Waals surface area contributed by atoms with Gasteiger partial charge in [-0.15, -0.1) is 0 Å². The summed E-state index contributed by atoms with van der Waals surface area (Å²) in [5.41, 5.74) is 8.38. The molecule has 2 aliphatic rings. The molecule has 3 nitrogen and oxygen atoms in total. The Kier molecular flexibility index (Phi) is 7.20. The maximum Gasteiger partial charge on any atom is 0.122 e. The summed E-state index contributed by atoms with van der Waals surface area (Å²) in [5.74, 6) is 2.11. The van der Waals surface area contributed by atoms with Crippen molar-refractivity contribution in [2.45, 2.75) is 51.4 Å². The third-order valence-corrected chi connectivity index (χ3v) is 7.59. The van der Waals surface area contributed by atoms with E-state index in [4.69, 9.17) is 9.47 Å². The maximum atomic E-state index is 6.21. The first-order valence-electron chi connectivity index (χ1n) is 12.9. The van der Waals surface area contributed by atoms with Crippen LogP contribution in [0.3, 0.4) is 0 Å². The van der Waals surface area contributed by atoms with Crippen molar-refractivity contribution in [3.05, 3.63) is 94.0 Å². The van der Waals surface area contributed by atoms with Crippen molar-refractivity contribution >= 4 is 0 Å². The molecule has 3 aromatic rings. The van der Waals surface area contributed by atoms with Crippen LogP contribution in [-0.2, 0) is 12.8 Å². The van der Waals surface area contributed by atoms with Gasteiger partial charge in [-0.3, -0.25) is 4.90 Å². The van der Waals surface area contributed by atoms with Crippen LogP contribution in [0.25, 0.3) is 0 Å². The molecular weight excluding hydrogens is 418 g/mol. The molecular formula is C31H37NO2. The minimum absolute atomic E-state index is 0.205. The van der Waals surface area contributed by atoms with Crippen LogP contribution in [-0.4, -0.2) is 38.3 Å². The lowest BCUT2D eigenvalue weighted by Crippen LogP contribution is -2.25. The fraction of sp³-hybridized carbons (Fsp3) is 0.419. The maximum absolute atomic E-state index is 6.21. The summed E-state index contributed by atoms with van der Waals surface area (Å²) in [6.07, 6.45) is 7.60. The second kappa shape index (κ2) is 10.7. The number of likely N-dealkylation sites (tertiary alicyclic amines) is 1. The molecule has 1 unspecified atom stereocenters. The number of fused-ring (bicyclic) bond motifs is 1. The Bertz CT molecular complexity index is 1100. The molecule has 1 aliphatic heterocycles. The molecule has 3 heteroatoms. The summed E-state index contributed by atoms with van der Waals surface area (Å²) in [6.45, 7) is 6.39. The van der Waals surface area contributed by atoms with Crippen LogP contribution < -0.4 is 9.47 Å². The van der Waals surface area contributed by atoms with Gasteiger partial charge in [0.15, 0.2) is 0 Å². The molecule has 34 heavy (non-hydrogen) atoms. The van der Waals surface area contributed by atoms with Crippen molar-refractivity contribution in [1.29, 1.82) is 0 Å². The zero-order chi connectivity index (χ0) is 23.3. The summed E-state index contributed by atoms with van der Waals surface area (Å²) in [5, 5.41) is 0. The molecule has 3 aromatic carbocycles. The number of rotatable bonds is 8. The predicted molar refractivity (Wildman–Crippen MR) is 139 cm³/mol. The molecule has 0 radical (unpaired) electrons. The average Bonchev–Trinajstić information content (AvgIpc) is 3.40. The van der Waals surface area contributed by atoms with Gasteiger partial charge in [0.05, 0.1) is 7.11 Å². The highest BCUT2D eigenvalue weighted by Gasteiger charge is 2.23. The summed E-state index contributed by atoms with van der Waals surface area (Å²) < 4.78 is 11.6. The first-order valence-corrected chi connectivity index (χ1v) is 12.9. The van der Waals surface area contributed by atoms with Crippen molar-refractivity contribution < 1.29 is 9.47 Å². The second-order valence-electron chi connectivity index (χ2n) is 9.82. The highest BCUT2D eigenvalue weighted by molar-refractivity contribution is 5.52. The molecule has 0 N–H and O–H groups in total. The van der Waals surface area contributed by atoms with Crippen LogP contribution in [0.15, 0.2) is 60.7 Å². The van der Waals surface area contributed by atoms with Crippen LogP contribution in [0.1, 0.15) is 65.0 Å². The SMILES string of the molecule is COc1ccc(C(c2ccc(OCCN3CCCC3)c(C)c2)c2cccc3c2CCCC3)cc1. The van der Waals surface area contributed by atoms with Gasteiger partial charge in [-0.25, -0.2) is 0 Å². The minimum Gasteiger partial charge on any atom is -0.497 e. The minimum atomic E-state index is 0.205. The van der Waals surface area contributed by atoms with E-state index in [0.29, 0.717) is 0 Å². The summed E-state index contributed by atoms with van der Waals surface area (Å²) in [4.78, 5) is 2.50. The average molecular weight is 456 g/mol. The molecule has 1 atom stereocenters. The van der Waals surface area contributed by atoms with E-state index >= 15 is 0 Å². The topological polar surface area (TPSA) is 21.7 Å². The smallest absolute Gasteiger partial charge is 0.122 e. The summed E-state index contributed by atoms with van der Waals surface area (Å²) in [7, 11) is 1.73. The van der Waals surface area contributed by atoms with Gasteiger partial charge in [0.2, 0.25) is 0 Å². The Labute approximate surface area is 204 Å². The molecule has 0 aromatic heterocycles. The quantitative estimate of drug-likeness (QED) is 0.360. The fourth-order valence-electron chi connectivity index (χ4n) is 5.73. The van der Waals surface area contributed by atoms with E-state index < -0.39 is 0 Å².